The number of halogens is 1. The summed E-state index contributed by atoms with van der Waals surface area (Å²) in [5.41, 5.74) is 1.09. The highest BCUT2D eigenvalue weighted by atomic mass is 35.5. The van der Waals surface area contributed by atoms with Gasteiger partial charge in [-0.05, 0) is 11.1 Å². The van der Waals surface area contributed by atoms with Gasteiger partial charge >= 0.3 is 5.97 Å². The Morgan fingerprint density at radius 1 is 1.40 bits per heavy atom. The number of hydrogen-bond acceptors (Lipinski definition) is 3. The summed E-state index contributed by atoms with van der Waals surface area (Å²) in [5.74, 6) is -1.19. The van der Waals surface area contributed by atoms with Gasteiger partial charge in [-0.25, -0.2) is 4.79 Å². The molecule has 1 rings (SSSR count). The Kier molecular flexibility index (Phi) is 4.08. The maximum atomic E-state index is 10.4. The van der Waals surface area contributed by atoms with E-state index < -0.39 is 18.2 Å². The van der Waals surface area contributed by atoms with Gasteiger partial charge in [0.2, 0.25) is 0 Å². The van der Waals surface area contributed by atoms with Gasteiger partial charge in [-0.2, -0.15) is 0 Å². The lowest BCUT2D eigenvalue weighted by Crippen LogP contribution is -2.27. The van der Waals surface area contributed by atoms with E-state index in [4.69, 9.17) is 21.8 Å². The normalized spacial score (nSPS) is 14.6. The van der Waals surface area contributed by atoms with Crippen molar-refractivity contribution < 1.29 is 20.1 Å². The van der Waals surface area contributed by atoms with E-state index in [-0.39, 0.29) is 5.88 Å². The van der Waals surface area contributed by atoms with Crippen molar-refractivity contribution in [3.63, 3.8) is 0 Å². The van der Waals surface area contributed by atoms with Crippen molar-refractivity contribution >= 4 is 17.6 Å². The number of carboxylic acids is 1. The highest BCUT2D eigenvalue weighted by Gasteiger charge is 2.24. The van der Waals surface area contributed by atoms with Gasteiger partial charge in [0, 0.05) is 5.88 Å². The first kappa shape index (κ1) is 12.0. The van der Waals surface area contributed by atoms with Crippen molar-refractivity contribution in [2.45, 2.75) is 18.1 Å². The summed E-state index contributed by atoms with van der Waals surface area (Å²) < 4.78 is 0. The SMILES string of the molecule is O=C(O)C(O)C(O)c1cccc(CCl)c1. The number of benzene rings is 1. The van der Waals surface area contributed by atoms with Gasteiger partial charge in [0.05, 0.1) is 0 Å². The van der Waals surface area contributed by atoms with Gasteiger partial charge in [-0.3, -0.25) is 0 Å². The van der Waals surface area contributed by atoms with Crippen LogP contribution in [0.2, 0.25) is 0 Å². The zero-order valence-corrected chi connectivity index (χ0v) is 8.55. The number of carboxylic acid groups (broad SMARTS) is 1. The van der Waals surface area contributed by atoms with Gasteiger partial charge in [0.1, 0.15) is 6.10 Å². The minimum Gasteiger partial charge on any atom is -0.479 e. The molecule has 0 aliphatic heterocycles. The van der Waals surface area contributed by atoms with E-state index in [1.165, 1.54) is 6.07 Å². The van der Waals surface area contributed by atoms with Crippen LogP contribution in [0.3, 0.4) is 0 Å². The summed E-state index contributed by atoms with van der Waals surface area (Å²) in [6.07, 6.45) is -3.26. The molecule has 2 atom stereocenters. The van der Waals surface area contributed by atoms with E-state index in [0.29, 0.717) is 5.56 Å². The van der Waals surface area contributed by atoms with Crippen LogP contribution in [0.15, 0.2) is 24.3 Å². The van der Waals surface area contributed by atoms with Crippen molar-refractivity contribution in [1.82, 2.24) is 0 Å². The molecule has 0 saturated carbocycles. The minimum atomic E-state index is -1.82. The monoisotopic (exact) mass is 230 g/mol. The summed E-state index contributed by atoms with van der Waals surface area (Å²) in [7, 11) is 0. The molecule has 1 aromatic carbocycles. The van der Waals surface area contributed by atoms with Gasteiger partial charge in [0.15, 0.2) is 6.10 Å². The number of alkyl halides is 1. The van der Waals surface area contributed by atoms with Gasteiger partial charge in [-0.1, -0.05) is 24.3 Å². The molecule has 0 aliphatic carbocycles. The number of rotatable bonds is 4. The lowest BCUT2D eigenvalue weighted by atomic mass is 10.0. The Morgan fingerprint density at radius 2 is 2.07 bits per heavy atom. The molecule has 0 saturated heterocycles. The number of aliphatic hydroxyl groups is 2. The first-order valence-corrected chi connectivity index (χ1v) is 4.83. The van der Waals surface area contributed by atoms with Gasteiger partial charge < -0.3 is 15.3 Å². The second-order valence-corrected chi connectivity index (χ2v) is 3.37. The Morgan fingerprint density at radius 3 is 2.60 bits per heavy atom. The third-order valence-corrected chi connectivity index (χ3v) is 2.31. The minimum absolute atomic E-state index is 0.268. The van der Waals surface area contributed by atoms with Crippen LogP contribution in [0.25, 0.3) is 0 Å². The highest BCUT2D eigenvalue weighted by Crippen LogP contribution is 2.19. The average molecular weight is 231 g/mol. The second kappa shape index (κ2) is 5.11. The molecule has 0 aromatic heterocycles. The molecular weight excluding hydrogens is 220 g/mol. The van der Waals surface area contributed by atoms with Crippen LogP contribution in [0.4, 0.5) is 0 Å². The Bertz CT molecular complexity index is 353. The van der Waals surface area contributed by atoms with Crippen molar-refractivity contribution in [3.8, 4) is 0 Å². The van der Waals surface area contributed by atoms with Crippen LogP contribution in [-0.2, 0) is 10.7 Å². The highest BCUT2D eigenvalue weighted by molar-refractivity contribution is 6.17. The van der Waals surface area contributed by atoms with Crippen LogP contribution in [0, 0.1) is 0 Å². The molecule has 0 aliphatic rings. The molecule has 82 valence electrons. The number of hydrogen-bond donors (Lipinski definition) is 3. The molecule has 3 N–H and O–H groups in total. The molecule has 0 spiro atoms. The molecule has 4 nitrogen and oxygen atoms in total. The Hall–Kier alpha value is -1.10. The molecule has 0 fully saturated rings. The Labute approximate surface area is 91.7 Å². The van der Waals surface area contributed by atoms with Crippen LogP contribution < -0.4 is 0 Å². The van der Waals surface area contributed by atoms with Crippen molar-refractivity contribution in [2.75, 3.05) is 0 Å². The van der Waals surface area contributed by atoms with Crippen LogP contribution in [-0.4, -0.2) is 27.4 Å². The molecule has 1 aromatic rings. The van der Waals surface area contributed by atoms with E-state index in [1.54, 1.807) is 18.2 Å². The van der Waals surface area contributed by atoms with Crippen molar-refractivity contribution in [1.29, 1.82) is 0 Å². The molecular formula is C10H11ClO4. The fourth-order valence-corrected chi connectivity index (χ4v) is 1.34. The quantitative estimate of drug-likeness (QED) is 0.672. The van der Waals surface area contributed by atoms with Crippen LogP contribution >= 0.6 is 11.6 Å². The third-order valence-electron chi connectivity index (χ3n) is 2.00. The third kappa shape index (κ3) is 2.92. The predicted octanol–water partition coefficient (Wildman–Crippen LogP) is 0.904. The Balaban J connectivity index is 2.90. The second-order valence-electron chi connectivity index (χ2n) is 3.11. The molecule has 2 unspecified atom stereocenters. The first-order valence-electron chi connectivity index (χ1n) is 4.30. The summed E-state index contributed by atoms with van der Waals surface area (Å²) in [5, 5.41) is 27.1. The number of carbonyl (C=O) groups is 1. The summed E-state index contributed by atoms with van der Waals surface area (Å²) in [6, 6.07) is 6.48. The molecule has 0 radical (unpaired) electrons. The van der Waals surface area contributed by atoms with Crippen LogP contribution in [0.5, 0.6) is 0 Å². The molecule has 0 heterocycles. The summed E-state index contributed by atoms with van der Waals surface area (Å²) >= 11 is 5.59. The number of aliphatic hydroxyl groups excluding tert-OH is 2. The fraction of sp³-hybridized carbons (Fsp3) is 0.300. The van der Waals surface area contributed by atoms with Crippen molar-refractivity contribution in [3.05, 3.63) is 35.4 Å². The fourth-order valence-electron chi connectivity index (χ4n) is 1.18. The zero-order valence-electron chi connectivity index (χ0n) is 7.80. The molecule has 5 heteroatoms. The van der Waals surface area contributed by atoms with Crippen LogP contribution in [0.1, 0.15) is 17.2 Å². The maximum Gasteiger partial charge on any atom is 0.335 e. The standard InChI is InChI=1S/C10H11ClO4/c11-5-6-2-1-3-7(4-6)8(12)9(13)10(14)15/h1-4,8-9,12-13H,5H2,(H,14,15). The average Bonchev–Trinajstić information content (AvgIpc) is 2.27. The lowest BCUT2D eigenvalue weighted by Gasteiger charge is -2.14. The summed E-state index contributed by atoms with van der Waals surface area (Å²) in [4.78, 5) is 10.4. The maximum absolute atomic E-state index is 10.4. The molecule has 15 heavy (non-hydrogen) atoms. The molecule has 0 bridgehead atoms. The predicted molar refractivity (Wildman–Crippen MR) is 54.6 cm³/mol. The molecule has 0 amide bonds. The zero-order chi connectivity index (χ0) is 11.4. The lowest BCUT2D eigenvalue weighted by molar-refractivity contribution is -0.153. The van der Waals surface area contributed by atoms with E-state index in [1.807, 2.05) is 0 Å². The smallest absolute Gasteiger partial charge is 0.335 e. The largest absolute Gasteiger partial charge is 0.479 e. The van der Waals surface area contributed by atoms with E-state index >= 15 is 0 Å². The number of aliphatic carboxylic acids is 1. The van der Waals surface area contributed by atoms with E-state index in [9.17, 15) is 9.90 Å². The van der Waals surface area contributed by atoms with Gasteiger partial charge in [0.25, 0.3) is 0 Å². The topological polar surface area (TPSA) is 77.8 Å². The van der Waals surface area contributed by atoms with Gasteiger partial charge in [-0.15, -0.1) is 11.6 Å². The van der Waals surface area contributed by atoms with E-state index in [0.717, 1.165) is 5.56 Å². The van der Waals surface area contributed by atoms with E-state index in [2.05, 4.69) is 0 Å². The van der Waals surface area contributed by atoms with Crippen molar-refractivity contribution in [2.24, 2.45) is 0 Å². The first-order chi connectivity index (χ1) is 7.06. The summed E-state index contributed by atoms with van der Waals surface area (Å²) in [6.45, 7) is 0.